The molecule has 100 valence electrons. The smallest absolute Gasteiger partial charge is 0.218 e. The first kappa shape index (κ1) is 12.4. The van der Waals surface area contributed by atoms with Crippen LogP contribution in [0.1, 0.15) is 11.3 Å². The molecule has 0 aliphatic carbocycles. The molecule has 0 unspecified atom stereocenters. The SMILES string of the molecule is O=S(=O)(Cc1ccccc1)N1CCn2cccc2C1. The van der Waals surface area contributed by atoms with Gasteiger partial charge in [-0.2, -0.15) is 4.31 Å². The summed E-state index contributed by atoms with van der Waals surface area (Å²) < 4.78 is 28.5. The summed E-state index contributed by atoms with van der Waals surface area (Å²) in [5.74, 6) is 0.0779. The van der Waals surface area contributed by atoms with E-state index < -0.39 is 10.0 Å². The molecule has 4 nitrogen and oxygen atoms in total. The maximum absolute atomic E-state index is 12.4. The molecule has 0 atom stereocenters. The zero-order valence-corrected chi connectivity index (χ0v) is 11.4. The van der Waals surface area contributed by atoms with E-state index in [1.54, 1.807) is 4.31 Å². The van der Waals surface area contributed by atoms with Gasteiger partial charge in [0.15, 0.2) is 0 Å². The summed E-state index contributed by atoms with van der Waals surface area (Å²) >= 11 is 0. The van der Waals surface area contributed by atoms with Crippen molar-refractivity contribution >= 4 is 10.0 Å². The van der Waals surface area contributed by atoms with Crippen LogP contribution in [0.4, 0.5) is 0 Å². The number of hydrogen-bond donors (Lipinski definition) is 0. The zero-order chi connectivity index (χ0) is 13.3. The van der Waals surface area contributed by atoms with Gasteiger partial charge in [0.05, 0.1) is 12.3 Å². The van der Waals surface area contributed by atoms with Crippen LogP contribution in [0, 0.1) is 0 Å². The Kier molecular flexibility index (Phi) is 3.16. The average Bonchev–Trinajstić information content (AvgIpc) is 2.86. The summed E-state index contributed by atoms with van der Waals surface area (Å²) in [5, 5.41) is 0. The summed E-state index contributed by atoms with van der Waals surface area (Å²) in [6.45, 7) is 1.76. The van der Waals surface area contributed by atoms with Crippen LogP contribution in [0.3, 0.4) is 0 Å². The number of nitrogens with zero attached hydrogens (tertiary/aromatic N) is 2. The molecule has 0 saturated heterocycles. The molecule has 5 heteroatoms. The summed E-state index contributed by atoms with van der Waals surface area (Å²) in [5.41, 5.74) is 1.89. The summed E-state index contributed by atoms with van der Waals surface area (Å²) in [7, 11) is -3.24. The summed E-state index contributed by atoms with van der Waals surface area (Å²) in [4.78, 5) is 0. The number of sulfonamides is 1. The second kappa shape index (κ2) is 4.83. The Labute approximate surface area is 113 Å². The van der Waals surface area contributed by atoms with Gasteiger partial charge < -0.3 is 4.57 Å². The van der Waals surface area contributed by atoms with E-state index in [4.69, 9.17) is 0 Å². The van der Waals surface area contributed by atoms with Crippen molar-refractivity contribution in [1.29, 1.82) is 0 Å². The van der Waals surface area contributed by atoms with Crippen molar-refractivity contribution < 1.29 is 8.42 Å². The van der Waals surface area contributed by atoms with E-state index >= 15 is 0 Å². The third-order valence-electron chi connectivity index (χ3n) is 3.44. The maximum Gasteiger partial charge on any atom is 0.218 e. The fourth-order valence-corrected chi connectivity index (χ4v) is 3.89. The van der Waals surface area contributed by atoms with Crippen LogP contribution in [0.2, 0.25) is 0 Å². The number of hydrogen-bond acceptors (Lipinski definition) is 2. The molecule has 2 aromatic rings. The van der Waals surface area contributed by atoms with Gasteiger partial charge >= 0.3 is 0 Å². The first-order chi connectivity index (χ1) is 9.15. The second-order valence-electron chi connectivity index (χ2n) is 4.77. The van der Waals surface area contributed by atoms with Crippen LogP contribution < -0.4 is 0 Å². The van der Waals surface area contributed by atoms with E-state index in [0.29, 0.717) is 13.1 Å². The van der Waals surface area contributed by atoms with Gasteiger partial charge in [-0.25, -0.2) is 8.42 Å². The number of aromatic nitrogens is 1. The van der Waals surface area contributed by atoms with Gasteiger partial charge in [0.1, 0.15) is 0 Å². The predicted molar refractivity (Wildman–Crippen MR) is 73.9 cm³/mol. The van der Waals surface area contributed by atoms with Crippen molar-refractivity contribution in [1.82, 2.24) is 8.87 Å². The van der Waals surface area contributed by atoms with Gasteiger partial charge in [0, 0.05) is 25.0 Å². The Hall–Kier alpha value is -1.59. The largest absolute Gasteiger partial charge is 0.349 e. The fraction of sp³-hybridized carbons (Fsp3) is 0.286. The van der Waals surface area contributed by atoms with E-state index in [0.717, 1.165) is 17.8 Å². The Bertz CT molecular complexity index is 662. The normalized spacial score (nSPS) is 16.2. The van der Waals surface area contributed by atoms with Gasteiger partial charge in [-0.3, -0.25) is 0 Å². The molecule has 1 aromatic heterocycles. The van der Waals surface area contributed by atoms with Gasteiger partial charge in [0.2, 0.25) is 10.0 Å². The van der Waals surface area contributed by atoms with E-state index in [1.165, 1.54) is 0 Å². The highest BCUT2D eigenvalue weighted by molar-refractivity contribution is 7.88. The van der Waals surface area contributed by atoms with Gasteiger partial charge in [-0.15, -0.1) is 0 Å². The number of fused-ring (bicyclic) bond motifs is 1. The number of benzene rings is 1. The highest BCUT2D eigenvalue weighted by Gasteiger charge is 2.26. The van der Waals surface area contributed by atoms with E-state index in [-0.39, 0.29) is 5.75 Å². The lowest BCUT2D eigenvalue weighted by molar-refractivity contribution is 0.341. The van der Waals surface area contributed by atoms with Gasteiger partial charge in [0.25, 0.3) is 0 Å². The van der Waals surface area contributed by atoms with Crippen LogP contribution in [-0.4, -0.2) is 23.8 Å². The molecule has 3 rings (SSSR count). The molecule has 1 aromatic carbocycles. The van der Waals surface area contributed by atoms with E-state index in [9.17, 15) is 8.42 Å². The van der Waals surface area contributed by atoms with Crippen LogP contribution in [-0.2, 0) is 28.9 Å². The monoisotopic (exact) mass is 276 g/mol. The lowest BCUT2D eigenvalue weighted by Gasteiger charge is -2.27. The molecular weight excluding hydrogens is 260 g/mol. The molecule has 0 fully saturated rings. The van der Waals surface area contributed by atoms with E-state index in [2.05, 4.69) is 4.57 Å². The topological polar surface area (TPSA) is 42.3 Å². The van der Waals surface area contributed by atoms with Crippen molar-refractivity contribution in [2.45, 2.75) is 18.8 Å². The lowest BCUT2D eigenvalue weighted by Crippen LogP contribution is -2.38. The standard InChI is InChI=1S/C14H16N2O2S/c17-19(18,12-13-5-2-1-3-6-13)16-10-9-15-8-4-7-14(15)11-16/h1-8H,9-12H2. The maximum atomic E-state index is 12.4. The van der Waals surface area contributed by atoms with Crippen molar-refractivity contribution in [3.05, 3.63) is 59.9 Å². The Morgan fingerprint density at radius 2 is 1.79 bits per heavy atom. The van der Waals surface area contributed by atoms with Gasteiger partial charge in [-0.05, 0) is 17.7 Å². The quantitative estimate of drug-likeness (QED) is 0.858. The molecule has 0 amide bonds. The van der Waals surface area contributed by atoms with Crippen LogP contribution in [0.15, 0.2) is 48.7 Å². The molecule has 0 radical (unpaired) electrons. The Balaban J connectivity index is 1.79. The first-order valence-electron chi connectivity index (χ1n) is 6.31. The Morgan fingerprint density at radius 3 is 2.58 bits per heavy atom. The average molecular weight is 276 g/mol. The van der Waals surface area contributed by atoms with Crippen LogP contribution in [0.25, 0.3) is 0 Å². The number of rotatable bonds is 3. The van der Waals surface area contributed by atoms with Gasteiger partial charge in [-0.1, -0.05) is 30.3 Å². The second-order valence-corrected chi connectivity index (χ2v) is 6.74. The third-order valence-corrected chi connectivity index (χ3v) is 5.23. The molecule has 0 bridgehead atoms. The van der Waals surface area contributed by atoms with Crippen LogP contribution >= 0.6 is 0 Å². The molecule has 2 heterocycles. The molecule has 19 heavy (non-hydrogen) atoms. The minimum atomic E-state index is -3.24. The van der Waals surface area contributed by atoms with Crippen LogP contribution in [0.5, 0.6) is 0 Å². The third kappa shape index (κ3) is 2.57. The van der Waals surface area contributed by atoms with E-state index in [1.807, 2.05) is 48.7 Å². The first-order valence-corrected chi connectivity index (χ1v) is 7.92. The summed E-state index contributed by atoms with van der Waals surface area (Å²) in [6.07, 6.45) is 2.00. The molecule has 1 aliphatic rings. The summed E-state index contributed by atoms with van der Waals surface area (Å²) in [6, 6.07) is 13.3. The molecular formula is C14H16N2O2S. The zero-order valence-electron chi connectivity index (χ0n) is 10.6. The lowest BCUT2D eigenvalue weighted by atomic mass is 10.2. The fourth-order valence-electron chi connectivity index (χ4n) is 2.40. The van der Waals surface area contributed by atoms with Crippen molar-refractivity contribution in [2.75, 3.05) is 6.54 Å². The predicted octanol–water partition coefficient (Wildman–Crippen LogP) is 1.83. The minimum Gasteiger partial charge on any atom is -0.349 e. The minimum absolute atomic E-state index is 0.0779. The molecule has 1 aliphatic heterocycles. The highest BCUT2D eigenvalue weighted by atomic mass is 32.2. The van der Waals surface area contributed by atoms with Crippen molar-refractivity contribution in [3.63, 3.8) is 0 Å². The Morgan fingerprint density at radius 1 is 1.00 bits per heavy atom. The van der Waals surface area contributed by atoms with Crippen molar-refractivity contribution in [3.8, 4) is 0 Å². The molecule has 0 saturated carbocycles. The highest BCUT2D eigenvalue weighted by Crippen LogP contribution is 2.18. The van der Waals surface area contributed by atoms with Crippen molar-refractivity contribution in [2.24, 2.45) is 0 Å². The molecule has 0 spiro atoms. The molecule has 0 N–H and O–H groups in total.